The highest BCUT2D eigenvalue weighted by Crippen LogP contribution is 2.37. The van der Waals surface area contributed by atoms with Crippen LogP contribution in [0.25, 0.3) is 0 Å². The quantitative estimate of drug-likeness (QED) is 0.794. The highest BCUT2D eigenvalue weighted by molar-refractivity contribution is 6.33. The van der Waals surface area contributed by atoms with E-state index >= 15 is 0 Å². The molecule has 0 aliphatic heterocycles. The van der Waals surface area contributed by atoms with E-state index in [1.165, 1.54) is 14.2 Å². The summed E-state index contributed by atoms with van der Waals surface area (Å²) in [4.78, 5) is 0. The molecule has 0 fully saturated rings. The molecule has 0 aromatic heterocycles. The number of nitriles is 1. The lowest BCUT2D eigenvalue weighted by Gasteiger charge is -2.11. The van der Waals surface area contributed by atoms with Crippen molar-refractivity contribution in [3.63, 3.8) is 0 Å². The van der Waals surface area contributed by atoms with Gasteiger partial charge in [0.15, 0.2) is 0 Å². The molecule has 80 valence electrons. The fourth-order valence-electron chi connectivity index (χ4n) is 1.21. The van der Waals surface area contributed by atoms with E-state index < -0.39 is 0 Å². The number of hydrogen-bond donors (Lipinski definition) is 0. The maximum atomic E-state index is 8.82. The van der Waals surface area contributed by atoms with Crippen LogP contribution < -0.4 is 9.47 Å². The Morgan fingerprint density at radius 2 is 1.73 bits per heavy atom. The van der Waals surface area contributed by atoms with Crippen molar-refractivity contribution >= 4 is 11.6 Å². The topological polar surface area (TPSA) is 42.2 Å². The minimum Gasteiger partial charge on any atom is -0.495 e. The molecule has 0 saturated carbocycles. The fraction of sp³-hybridized carbons (Fsp3) is 0.364. The molecule has 0 aliphatic carbocycles. The fourth-order valence-corrected chi connectivity index (χ4v) is 1.48. The first-order valence-corrected chi connectivity index (χ1v) is 4.82. The van der Waals surface area contributed by atoms with Crippen molar-refractivity contribution in [3.8, 4) is 17.6 Å². The van der Waals surface area contributed by atoms with Crippen molar-refractivity contribution in [2.75, 3.05) is 14.2 Å². The highest BCUT2D eigenvalue weighted by Gasteiger charge is 2.13. The number of hydrogen-bond acceptors (Lipinski definition) is 3. The van der Waals surface area contributed by atoms with Gasteiger partial charge in [0.25, 0.3) is 0 Å². The van der Waals surface area contributed by atoms with Gasteiger partial charge in [0.05, 0.1) is 26.2 Å². The maximum Gasteiger partial charge on any atom is 0.141 e. The minimum atomic E-state index is -0.218. The monoisotopic (exact) mass is 225 g/mol. The first kappa shape index (κ1) is 11.7. The maximum absolute atomic E-state index is 8.82. The van der Waals surface area contributed by atoms with Gasteiger partial charge in [-0.3, -0.25) is 0 Å². The molecule has 0 bridgehead atoms. The molecule has 4 heteroatoms. The van der Waals surface area contributed by atoms with E-state index in [4.69, 9.17) is 26.3 Å². The van der Waals surface area contributed by atoms with E-state index in [2.05, 4.69) is 6.07 Å². The average Bonchev–Trinajstić information content (AvgIpc) is 2.28. The predicted octanol–water partition coefficient (Wildman–Crippen LogP) is 2.98. The summed E-state index contributed by atoms with van der Waals surface area (Å²) >= 11 is 6.00. The Kier molecular flexibility index (Phi) is 3.81. The Labute approximate surface area is 94.2 Å². The average molecular weight is 226 g/mol. The van der Waals surface area contributed by atoms with E-state index in [1.807, 2.05) is 6.92 Å². The molecule has 0 heterocycles. The van der Waals surface area contributed by atoms with Crippen LogP contribution in [0.1, 0.15) is 18.4 Å². The summed E-state index contributed by atoms with van der Waals surface area (Å²) in [5.74, 6) is 0.825. The Morgan fingerprint density at radius 1 is 1.27 bits per heavy atom. The van der Waals surface area contributed by atoms with E-state index in [0.29, 0.717) is 16.5 Å². The van der Waals surface area contributed by atoms with E-state index in [-0.39, 0.29) is 5.92 Å². The summed E-state index contributed by atoms with van der Waals surface area (Å²) < 4.78 is 10.2. The van der Waals surface area contributed by atoms with Gasteiger partial charge in [-0.1, -0.05) is 11.6 Å². The van der Waals surface area contributed by atoms with Gasteiger partial charge < -0.3 is 9.47 Å². The number of ether oxygens (including phenoxy) is 2. The van der Waals surface area contributed by atoms with Gasteiger partial charge in [-0.05, 0) is 24.6 Å². The predicted molar refractivity (Wildman–Crippen MR) is 58.6 cm³/mol. The summed E-state index contributed by atoms with van der Waals surface area (Å²) in [6, 6.07) is 5.65. The molecule has 0 saturated heterocycles. The molecule has 1 aromatic carbocycles. The van der Waals surface area contributed by atoms with Crippen molar-refractivity contribution < 1.29 is 9.47 Å². The van der Waals surface area contributed by atoms with Gasteiger partial charge in [0.2, 0.25) is 0 Å². The van der Waals surface area contributed by atoms with Crippen molar-refractivity contribution in [3.05, 3.63) is 22.7 Å². The molecular weight excluding hydrogens is 214 g/mol. The molecule has 0 amide bonds. The lowest BCUT2D eigenvalue weighted by molar-refractivity contribution is 0.393. The molecule has 1 rings (SSSR count). The van der Waals surface area contributed by atoms with Crippen LogP contribution in [-0.2, 0) is 0 Å². The number of methoxy groups -OCH3 is 2. The molecule has 1 unspecified atom stereocenters. The minimum absolute atomic E-state index is 0.218. The number of nitrogens with zero attached hydrogens (tertiary/aromatic N) is 1. The first-order valence-electron chi connectivity index (χ1n) is 4.45. The molecule has 3 nitrogen and oxygen atoms in total. The summed E-state index contributed by atoms with van der Waals surface area (Å²) in [5, 5.41) is 9.24. The van der Waals surface area contributed by atoms with Crippen molar-refractivity contribution in [2.45, 2.75) is 12.8 Å². The van der Waals surface area contributed by atoms with Gasteiger partial charge >= 0.3 is 0 Å². The van der Waals surface area contributed by atoms with E-state index in [0.717, 1.165) is 5.56 Å². The van der Waals surface area contributed by atoms with Crippen LogP contribution in [0.5, 0.6) is 11.5 Å². The Balaban J connectivity index is 3.28. The van der Waals surface area contributed by atoms with Gasteiger partial charge in [-0.15, -0.1) is 0 Å². The smallest absolute Gasteiger partial charge is 0.141 e. The lowest BCUT2D eigenvalue weighted by atomic mass is 10.0. The summed E-state index contributed by atoms with van der Waals surface area (Å²) in [6.07, 6.45) is 0. The van der Waals surface area contributed by atoms with Gasteiger partial charge in [0, 0.05) is 0 Å². The van der Waals surface area contributed by atoms with Crippen LogP contribution in [0.3, 0.4) is 0 Å². The number of halogens is 1. The van der Waals surface area contributed by atoms with Crippen LogP contribution in [0.2, 0.25) is 5.02 Å². The number of benzene rings is 1. The van der Waals surface area contributed by atoms with Crippen LogP contribution in [-0.4, -0.2) is 14.2 Å². The van der Waals surface area contributed by atoms with Crippen LogP contribution in [0.15, 0.2) is 12.1 Å². The third-order valence-electron chi connectivity index (χ3n) is 2.16. The standard InChI is InChI=1S/C11H12ClNO2/c1-7(6-13)8-4-9(14-2)11(12)10(5-8)15-3/h4-5,7H,1-3H3. The van der Waals surface area contributed by atoms with Gasteiger partial charge in [0.1, 0.15) is 16.5 Å². The second-order valence-electron chi connectivity index (χ2n) is 3.09. The zero-order chi connectivity index (χ0) is 11.4. The largest absolute Gasteiger partial charge is 0.495 e. The Hall–Kier alpha value is -1.40. The summed E-state index contributed by atoms with van der Waals surface area (Å²) in [7, 11) is 3.06. The third kappa shape index (κ3) is 2.34. The molecule has 1 atom stereocenters. The van der Waals surface area contributed by atoms with Crippen LogP contribution >= 0.6 is 11.6 Å². The molecule has 0 spiro atoms. The molecule has 1 aromatic rings. The second-order valence-corrected chi connectivity index (χ2v) is 3.47. The molecular formula is C11H12ClNO2. The molecule has 0 aliphatic rings. The normalized spacial score (nSPS) is 11.7. The van der Waals surface area contributed by atoms with Gasteiger partial charge in [-0.2, -0.15) is 5.26 Å². The van der Waals surface area contributed by atoms with E-state index in [9.17, 15) is 0 Å². The molecule has 0 N–H and O–H groups in total. The highest BCUT2D eigenvalue weighted by atomic mass is 35.5. The molecule has 0 radical (unpaired) electrons. The van der Waals surface area contributed by atoms with Gasteiger partial charge in [-0.25, -0.2) is 0 Å². The van der Waals surface area contributed by atoms with Crippen molar-refractivity contribution in [1.82, 2.24) is 0 Å². The third-order valence-corrected chi connectivity index (χ3v) is 2.53. The zero-order valence-electron chi connectivity index (χ0n) is 8.87. The van der Waals surface area contributed by atoms with E-state index in [1.54, 1.807) is 12.1 Å². The Morgan fingerprint density at radius 3 is 2.07 bits per heavy atom. The zero-order valence-corrected chi connectivity index (χ0v) is 9.63. The lowest BCUT2D eigenvalue weighted by Crippen LogP contribution is -1.95. The summed E-state index contributed by atoms with van der Waals surface area (Å²) in [5.41, 5.74) is 0.829. The summed E-state index contributed by atoms with van der Waals surface area (Å²) in [6.45, 7) is 1.81. The van der Waals surface area contributed by atoms with Crippen LogP contribution in [0, 0.1) is 11.3 Å². The van der Waals surface area contributed by atoms with Crippen molar-refractivity contribution in [1.29, 1.82) is 5.26 Å². The molecule has 15 heavy (non-hydrogen) atoms. The van der Waals surface area contributed by atoms with Crippen molar-refractivity contribution in [2.24, 2.45) is 0 Å². The number of rotatable bonds is 3. The second kappa shape index (κ2) is 4.90. The Bertz CT molecular complexity index is 373. The SMILES string of the molecule is COc1cc(C(C)C#N)cc(OC)c1Cl. The van der Waals surface area contributed by atoms with Crippen LogP contribution in [0.4, 0.5) is 0 Å². The first-order chi connectivity index (χ1) is 7.13.